The van der Waals surface area contributed by atoms with E-state index in [0.717, 1.165) is 11.1 Å². The highest BCUT2D eigenvalue weighted by atomic mass is 127. The van der Waals surface area contributed by atoms with Gasteiger partial charge in [0.1, 0.15) is 28.8 Å². The Bertz CT molecular complexity index is 665. The number of pyridine rings is 1. The standard InChI is InChI=1S/C17H15FINO3/c18-9-15(12-23-19)11-22-17-8-5-14(10-20-17)2-1-13-3-6-16(21)7-4-13/h3-8,10,15,21H,9,11-12H2. The van der Waals surface area contributed by atoms with Crippen molar-refractivity contribution in [2.24, 2.45) is 5.92 Å². The summed E-state index contributed by atoms with van der Waals surface area (Å²) in [6.45, 7) is 0.0114. The number of halogens is 2. The fraction of sp³-hybridized carbons (Fsp3) is 0.235. The number of phenols is 1. The lowest BCUT2D eigenvalue weighted by molar-refractivity contribution is 0.171. The zero-order chi connectivity index (χ0) is 16.5. The summed E-state index contributed by atoms with van der Waals surface area (Å²) in [5, 5.41) is 9.21. The summed E-state index contributed by atoms with van der Waals surface area (Å²) in [6.07, 6.45) is 1.60. The van der Waals surface area contributed by atoms with Crippen molar-refractivity contribution in [3.8, 4) is 23.5 Å². The molecule has 0 bridgehead atoms. The van der Waals surface area contributed by atoms with E-state index in [4.69, 9.17) is 7.80 Å². The van der Waals surface area contributed by atoms with Gasteiger partial charge >= 0.3 is 0 Å². The Labute approximate surface area is 148 Å². The maximum Gasteiger partial charge on any atom is 0.213 e. The van der Waals surface area contributed by atoms with Crippen LogP contribution in [-0.2, 0) is 3.07 Å². The number of aromatic hydroxyl groups is 1. The molecule has 0 aliphatic carbocycles. The number of phenolic OH excluding ortho intramolecular Hbond substituents is 1. The predicted octanol–water partition coefficient (Wildman–Crippen LogP) is 3.52. The Hall–Kier alpha value is -1.85. The molecule has 0 radical (unpaired) electrons. The highest BCUT2D eigenvalue weighted by Gasteiger charge is 2.09. The van der Waals surface area contributed by atoms with Gasteiger partial charge in [-0.25, -0.2) is 4.98 Å². The van der Waals surface area contributed by atoms with Crippen molar-refractivity contribution in [1.82, 2.24) is 4.98 Å². The van der Waals surface area contributed by atoms with E-state index in [1.165, 1.54) is 0 Å². The second-order valence-corrected chi connectivity index (χ2v) is 5.41. The summed E-state index contributed by atoms with van der Waals surface area (Å²) in [4.78, 5) is 4.14. The molecule has 1 aromatic heterocycles. The number of aromatic nitrogens is 1. The van der Waals surface area contributed by atoms with E-state index in [0.29, 0.717) is 12.5 Å². The minimum atomic E-state index is -0.501. The van der Waals surface area contributed by atoms with Crippen molar-refractivity contribution in [1.29, 1.82) is 0 Å². The topological polar surface area (TPSA) is 51.6 Å². The maximum absolute atomic E-state index is 12.7. The molecule has 0 spiro atoms. The summed E-state index contributed by atoms with van der Waals surface area (Å²) in [5.41, 5.74) is 1.54. The molecule has 120 valence electrons. The molecule has 1 heterocycles. The normalized spacial score (nSPS) is 11.4. The van der Waals surface area contributed by atoms with Crippen molar-refractivity contribution in [3.05, 3.63) is 53.7 Å². The summed E-state index contributed by atoms with van der Waals surface area (Å²) < 4.78 is 23.0. The van der Waals surface area contributed by atoms with E-state index in [1.54, 1.807) is 65.6 Å². The average Bonchev–Trinajstić information content (AvgIpc) is 2.59. The third-order valence-corrected chi connectivity index (χ3v) is 3.30. The number of rotatable bonds is 6. The summed E-state index contributed by atoms with van der Waals surface area (Å²) in [5.74, 6) is 6.27. The molecule has 0 aliphatic rings. The molecule has 0 saturated carbocycles. The van der Waals surface area contributed by atoms with Crippen molar-refractivity contribution in [2.45, 2.75) is 0 Å². The number of nitrogens with zero attached hydrogens (tertiary/aromatic N) is 1. The monoisotopic (exact) mass is 427 g/mol. The number of alkyl halides is 1. The molecule has 6 heteroatoms. The maximum atomic E-state index is 12.7. The van der Waals surface area contributed by atoms with E-state index in [9.17, 15) is 9.50 Å². The molecule has 23 heavy (non-hydrogen) atoms. The molecule has 0 aliphatic heterocycles. The minimum Gasteiger partial charge on any atom is -0.508 e. The molecule has 2 aromatic rings. The molecule has 1 unspecified atom stereocenters. The first-order valence-electron chi connectivity index (χ1n) is 6.90. The van der Waals surface area contributed by atoms with Gasteiger partial charge in [0.2, 0.25) is 5.88 Å². The van der Waals surface area contributed by atoms with E-state index in [2.05, 4.69) is 16.8 Å². The lowest BCUT2D eigenvalue weighted by Gasteiger charge is -2.11. The van der Waals surface area contributed by atoms with E-state index < -0.39 is 6.67 Å². The van der Waals surface area contributed by atoms with Gasteiger partial charge in [-0.15, -0.1) is 0 Å². The molecular formula is C17H15FINO3. The zero-order valence-electron chi connectivity index (χ0n) is 12.2. The summed E-state index contributed by atoms with van der Waals surface area (Å²) >= 11 is 1.73. The number of hydrogen-bond acceptors (Lipinski definition) is 4. The van der Waals surface area contributed by atoms with Gasteiger partial charge in [0.25, 0.3) is 0 Å². The first-order chi connectivity index (χ1) is 11.2. The fourth-order valence-electron chi connectivity index (χ4n) is 1.66. The molecule has 4 nitrogen and oxygen atoms in total. The van der Waals surface area contributed by atoms with Crippen molar-refractivity contribution in [3.63, 3.8) is 0 Å². The van der Waals surface area contributed by atoms with Gasteiger partial charge in [-0.05, 0) is 30.3 Å². The van der Waals surface area contributed by atoms with Crippen LogP contribution >= 0.6 is 23.0 Å². The molecule has 0 saturated heterocycles. The van der Waals surface area contributed by atoms with Crippen LogP contribution in [0.3, 0.4) is 0 Å². The predicted molar refractivity (Wildman–Crippen MR) is 93.3 cm³/mol. The molecule has 1 atom stereocenters. The summed E-state index contributed by atoms with van der Waals surface area (Å²) in [7, 11) is 0. The van der Waals surface area contributed by atoms with Crippen molar-refractivity contribution in [2.75, 3.05) is 19.9 Å². The van der Waals surface area contributed by atoms with Gasteiger partial charge in [-0.3, -0.25) is 4.39 Å². The third-order valence-electron chi connectivity index (χ3n) is 2.94. The second kappa shape index (κ2) is 9.33. The highest BCUT2D eigenvalue weighted by molar-refractivity contribution is 14.1. The molecule has 2 rings (SSSR count). The van der Waals surface area contributed by atoms with Gasteiger partial charge in [0, 0.05) is 29.3 Å². The largest absolute Gasteiger partial charge is 0.508 e. The van der Waals surface area contributed by atoms with Gasteiger partial charge in [0.05, 0.1) is 19.9 Å². The molecule has 1 N–H and O–H groups in total. The SMILES string of the molecule is Oc1ccc(C#Cc2ccc(OCC(CF)COI)nc2)cc1. The minimum absolute atomic E-state index is 0.207. The van der Waals surface area contributed by atoms with Crippen LogP contribution in [-0.4, -0.2) is 30.0 Å². The molecule has 0 fully saturated rings. The Morgan fingerprint density at radius 3 is 2.39 bits per heavy atom. The Morgan fingerprint density at radius 2 is 1.78 bits per heavy atom. The van der Waals surface area contributed by atoms with Crippen LogP contribution in [0.4, 0.5) is 4.39 Å². The van der Waals surface area contributed by atoms with E-state index in [-0.39, 0.29) is 18.3 Å². The average molecular weight is 427 g/mol. The lowest BCUT2D eigenvalue weighted by atomic mass is 10.2. The van der Waals surface area contributed by atoms with Gasteiger partial charge in [0.15, 0.2) is 0 Å². The first-order valence-corrected chi connectivity index (χ1v) is 7.78. The Kier molecular flexibility index (Phi) is 7.10. The van der Waals surface area contributed by atoms with Crippen LogP contribution < -0.4 is 4.74 Å². The van der Waals surface area contributed by atoms with Gasteiger partial charge < -0.3 is 12.9 Å². The van der Waals surface area contributed by atoms with Gasteiger partial charge in [-0.1, -0.05) is 11.8 Å². The lowest BCUT2D eigenvalue weighted by Crippen LogP contribution is -2.18. The molecule has 1 aromatic carbocycles. The second-order valence-electron chi connectivity index (χ2n) is 4.79. The number of ether oxygens (including phenoxy) is 1. The summed E-state index contributed by atoms with van der Waals surface area (Å²) in [6, 6.07) is 10.1. The van der Waals surface area contributed by atoms with Crippen LogP contribution in [0.25, 0.3) is 0 Å². The molecular weight excluding hydrogens is 412 g/mol. The van der Waals surface area contributed by atoms with Crippen LogP contribution in [0.1, 0.15) is 11.1 Å². The third kappa shape index (κ3) is 6.04. The van der Waals surface area contributed by atoms with Crippen molar-refractivity contribution < 1.29 is 17.3 Å². The fourth-order valence-corrected chi connectivity index (χ4v) is 2.17. The van der Waals surface area contributed by atoms with Crippen LogP contribution in [0.2, 0.25) is 0 Å². The Balaban J connectivity index is 1.93. The van der Waals surface area contributed by atoms with Crippen molar-refractivity contribution >= 4 is 23.0 Å². The smallest absolute Gasteiger partial charge is 0.213 e. The highest BCUT2D eigenvalue weighted by Crippen LogP contribution is 2.11. The first kappa shape index (κ1) is 17.5. The number of benzene rings is 1. The van der Waals surface area contributed by atoms with E-state index in [1.807, 2.05) is 0 Å². The molecule has 0 amide bonds. The quantitative estimate of drug-likeness (QED) is 0.567. The van der Waals surface area contributed by atoms with Crippen LogP contribution in [0.5, 0.6) is 11.6 Å². The zero-order valence-corrected chi connectivity index (χ0v) is 14.4. The van der Waals surface area contributed by atoms with E-state index >= 15 is 0 Å². The number of hydrogen-bond donors (Lipinski definition) is 1. The Morgan fingerprint density at radius 1 is 1.09 bits per heavy atom. The van der Waals surface area contributed by atoms with Gasteiger partial charge in [-0.2, -0.15) is 0 Å². The van der Waals surface area contributed by atoms with Crippen LogP contribution in [0, 0.1) is 17.8 Å². The van der Waals surface area contributed by atoms with Crippen LogP contribution in [0.15, 0.2) is 42.6 Å².